The fourth-order valence-corrected chi connectivity index (χ4v) is 2.55. The summed E-state index contributed by atoms with van der Waals surface area (Å²) in [5.41, 5.74) is 3.64. The number of rotatable bonds is 5. The molecule has 21 heavy (non-hydrogen) atoms. The Hall–Kier alpha value is -2.16. The van der Waals surface area contributed by atoms with Gasteiger partial charge in [0, 0.05) is 17.8 Å². The predicted octanol–water partition coefficient (Wildman–Crippen LogP) is 4.02. The van der Waals surface area contributed by atoms with Crippen LogP contribution in [0.5, 0.6) is 11.5 Å². The summed E-state index contributed by atoms with van der Waals surface area (Å²) >= 11 is 0. The van der Waals surface area contributed by atoms with Gasteiger partial charge in [0.1, 0.15) is 13.2 Å². The van der Waals surface area contributed by atoms with E-state index in [9.17, 15) is 0 Å². The lowest BCUT2D eigenvalue weighted by atomic mass is 10.1. The molecule has 1 aliphatic heterocycles. The summed E-state index contributed by atoms with van der Waals surface area (Å²) in [5.74, 6) is 1.72. The van der Waals surface area contributed by atoms with Crippen molar-refractivity contribution in [3.63, 3.8) is 0 Å². The van der Waals surface area contributed by atoms with Gasteiger partial charge >= 0.3 is 0 Å². The van der Waals surface area contributed by atoms with Gasteiger partial charge in [0.25, 0.3) is 0 Å². The molecule has 3 heteroatoms. The van der Waals surface area contributed by atoms with Crippen LogP contribution in [0.15, 0.2) is 42.5 Å². The van der Waals surface area contributed by atoms with Crippen molar-refractivity contribution >= 4 is 5.69 Å². The summed E-state index contributed by atoms with van der Waals surface area (Å²) in [7, 11) is 0. The van der Waals surface area contributed by atoms with Crippen LogP contribution >= 0.6 is 0 Å². The average Bonchev–Trinajstić information content (AvgIpc) is 2.54. The Morgan fingerprint density at radius 3 is 2.62 bits per heavy atom. The lowest BCUT2D eigenvalue weighted by molar-refractivity contribution is 0.170. The number of aryl methyl sites for hydroxylation is 1. The topological polar surface area (TPSA) is 30.5 Å². The van der Waals surface area contributed by atoms with Crippen molar-refractivity contribution in [2.24, 2.45) is 0 Å². The molecule has 2 aromatic rings. The zero-order valence-electron chi connectivity index (χ0n) is 12.4. The van der Waals surface area contributed by atoms with Crippen LogP contribution in [0.3, 0.4) is 0 Å². The highest BCUT2D eigenvalue weighted by Gasteiger charge is 2.14. The minimum Gasteiger partial charge on any atom is -0.486 e. The maximum atomic E-state index is 5.73. The third-order valence-electron chi connectivity index (χ3n) is 3.62. The SMILES string of the molecule is CCCc1ccc(NCc2cccc3c2OCCO3)cc1. The Morgan fingerprint density at radius 1 is 1.00 bits per heavy atom. The average molecular weight is 283 g/mol. The lowest BCUT2D eigenvalue weighted by Gasteiger charge is -2.21. The van der Waals surface area contributed by atoms with Crippen molar-refractivity contribution < 1.29 is 9.47 Å². The molecule has 0 fully saturated rings. The molecule has 0 bridgehead atoms. The van der Waals surface area contributed by atoms with Gasteiger partial charge in [0.2, 0.25) is 0 Å². The molecule has 1 N–H and O–H groups in total. The molecule has 0 atom stereocenters. The number of fused-ring (bicyclic) bond motifs is 1. The van der Waals surface area contributed by atoms with E-state index in [2.05, 4.69) is 42.6 Å². The quantitative estimate of drug-likeness (QED) is 0.899. The number of hydrogen-bond acceptors (Lipinski definition) is 3. The minimum atomic E-state index is 0.621. The molecule has 0 aromatic heterocycles. The maximum Gasteiger partial charge on any atom is 0.166 e. The number of para-hydroxylation sites is 1. The Bertz CT molecular complexity index is 593. The summed E-state index contributed by atoms with van der Waals surface area (Å²) in [6.45, 7) is 4.19. The van der Waals surface area contributed by atoms with Gasteiger partial charge in [0.05, 0.1) is 0 Å². The van der Waals surface area contributed by atoms with Crippen molar-refractivity contribution in [3.8, 4) is 11.5 Å². The predicted molar refractivity (Wildman–Crippen MR) is 85.2 cm³/mol. The van der Waals surface area contributed by atoms with E-state index in [1.54, 1.807) is 0 Å². The van der Waals surface area contributed by atoms with E-state index in [-0.39, 0.29) is 0 Å². The number of nitrogens with one attached hydrogen (secondary N) is 1. The minimum absolute atomic E-state index is 0.621. The number of benzene rings is 2. The second-order valence-electron chi connectivity index (χ2n) is 5.24. The van der Waals surface area contributed by atoms with Crippen LogP contribution in [0.1, 0.15) is 24.5 Å². The fourth-order valence-electron chi connectivity index (χ4n) is 2.55. The van der Waals surface area contributed by atoms with E-state index in [0.29, 0.717) is 13.2 Å². The zero-order chi connectivity index (χ0) is 14.5. The zero-order valence-corrected chi connectivity index (χ0v) is 12.4. The van der Waals surface area contributed by atoms with E-state index in [4.69, 9.17) is 9.47 Å². The first-order valence-corrected chi connectivity index (χ1v) is 7.57. The monoisotopic (exact) mass is 283 g/mol. The Kier molecular flexibility index (Phi) is 4.29. The van der Waals surface area contributed by atoms with Gasteiger partial charge in [-0.15, -0.1) is 0 Å². The molecule has 0 spiro atoms. The van der Waals surface area contributed by atoms with Crippen LogP contribution < -0.4 is 14.8 Å². The van der Waals surface area contributed by atoms with Gasteiger partial charge in [0.15, 0.2) is 11.5 Å². The highest BCUT2D eigenvalue weighted by Crippen LogP contribution is 2.33. The molecule has 3 nitrogen and oxygen atoms in total. The van der Waals surface area contributed by atoms with Gasteiger partial charge < -0.3 is 14.8 Å². The van der Waals surface area contributed by atoms with Crippen LogP contribution in [0.4, 0.5) is 5.69 Å². The molecule has 0 unspecified atom stereocenters. The Morgan fingerprint density at radius 2 is 1.81 bits per heavy atom. The van der Waals surface area contributed by atoms with E-state index < -0.39 is 0 Å². The van der Waals surface area contributed by atoms with Gasteiger partial charge in [-0.25, -0.2) is 0 Å². The van der Waals surface area contributed by atoms with Crippen LogP contribution in [-0.4, -0.2) is 13.2 Å². The van der Waals surface area contributed by atoms with Crippen molar-refractivity contribution in [3.05, 3.63) is 53.6 Å². The molecule has 110 valence electrons. The third kappa shape index (κ3) is 3.30. The second-order valence-corrected chi connectivity index (χ2v) is 5.24. The third-order valence-corrected chi connectivity index (χ3v) is 3.62. The molecular weight excluding hydrogens is 262 g/mol. The molecule has 1 aliphatic rings. The Balaban J connectivity index is 1.67. The van der Waals surface area contributed by atoms with Crippen LogP contribution in [0.2, 0.25) is 0 Å². The second kappa shape index (κ2) is 6.53. The normalized spacial score (nSPS) is 13.0. The molecule has 0 radical (unpaired) electrons. The highest BCUT2D eigenvalue weighted by atomic mass is 16.6. The van der Waals surface area contributed by atoms with Crippen molar-refractivity contribution in [1.29, 1.82) is 0 Å². The van der Waals surface area contributed by atoms with E-state index in [1.807, 2.05) is 12.1 Å². The largest absolute Gasteiger partial charge is 0.486 e. The summed E-state index contributed by atoms with van der Waals surface area (Å²) in [4.78, 5) is 0. The Labute approximate surface area is 125 Å². The molecule has 0 saturated carbocycles. The standard InChI is InChI=1S/C18H21NO2/c1-2-4-14-7-9-16(10-8-14)19-13-15-5-3-6-17-18(15)21-12-11-20-17/h3,5-10,19H,2,4,11-13H2,1H3. The fraction of sp³-hybridized carbons (Fsp3) is 0.333. The number of ether oxygens (including phenoxy) is 2. The van der Waals surface area contributed by atoms with Crippen molar-refractivity contribution in [1.82, 2.24) is 0 Å². The number of hydrogen-bond donors (Lipinski definition) is 1. The van der Waals surface area contributed by atoms with Gasteiger partial charge in [-0.2, -0.15) is 0 Å². The first-order valence-electron chi connectivity index (χ1n) is 7.57. The summed E-state index contributed by atoms with van der Waals surface area (Å²) in [5, 5.41) is 3.44. The molecule has 0 aliphatic carbocycles. The maximum absolute atomic E-state index is 5.73. The summed E-state index contributed by atoms with van der Waals surface area (Å²) in [6.07, 6.45) is 2.32. The van der Waals surface area contributed by atoms with Gasteiger partial charge in [-0.05, 0) is 30.2 Å². The molecule has 0 amide bonds. The van der Waals surface area contributed by atoms with E-state index in [0.717, 1.165) is 35.7 Å². The van der Waals surface area contributed by atoms with Crippen molar-refractivity contribution in [2.45, 2.75) is 26.3 Å². The van der Waals surface area contributed by atoms with Crippen LogP contribution in [-0.2, 0) is 13.0 Å². The molecule has 1 heterocycles. The molecular formula is C18H21NO2. The first-order chi connectivity index (χ1) is 10.4. The summed E-state index contributed by atoms with van der Waals surface area (Å²) < 4.78 is 11.3. The van der Waals surface area contributed by atoms with Crippen LogP contribution in [0.25, 0.3) is 0 Å². The van der Waals surface area contributed by atoms with Crippen LogP contribution in [0, 0.1) is 0 Å². The van der Waals surface area contributed by atoms with Gasteiger partial charge in [-0.1, -0.05) is 37.6 Å². The first kappa shape index (κ1) is 13.8. The molecule has 3 rings (SSSR count). The smallest absolute Gasteiger partial charge is 0.166 e. The summed E-state index contributed by atoms with van der Waals surface area (Å²) in [6, 6.07) is 14.7. The van der Waals surface area contributed by atoms with Gasteiger partial charge in [-0.3, -0.25) is 0 Å². The molecule has 2 aromatic carbocycles. The highest BCUT2D eigenvalue weighted by molar-refractivity contribution is 5.51. The number of anilines is 1. The van der Waals surface area contributed by atoms with E-state index >= 15 is 0 Å². The molecule has 0 saturated heterocycles. The van der Waals surface area contributed by atoms with E-state index in [1.165, 1.54) is 12.0 Å². The lowest BCUT2D eigenvalue weighted by Crippen LogP contribution is -2.17. The van der Waals surface area contributed by atoms with Crippen molar-refractivity contribution in [2.75, 3.05) is 18.5 Å².